The number of piperidine rings is 1. The fourth-order valence-electron chi connectivity index (χ4n) is 2.44. The van der Waals surface area contributed by atoms with Gasteiger partial charge in [-0.2, -0.15) is 0 Å². The van der Waals surface area contributed by atoms with Gasteiger partial charge in [-0.1, -0.05) is 0 Å². The van der Waals surface area contributed by atoms with Crippen molar-refractivity contribution >= 4 is 0 Å². The van der Waals surface area contributed by atoms with E-state index < -0.39 is 0 Å². The average molecular weight is 237 g/mol. The van der Waals surface area contributed by atoms with E-state index in [0.29, 0.717) is 5.92 Å². The number of hydrogen-bond donors (Lipinski definition) is 1. The van der Waals surface area contributed by atoms with Crippen molar-refractivity contribution in [3.05, 3.63) is 29.8 Å². The summed E-state index contributed by atoms with van der Waals surface area (Å²) in [6.45, 7) is 4.96. The van der Waals surface area contributed by atoms with Crippen LogP contribution >= 0.6 is 0 Å². The van der Waals surface area contributed by atoms with Gasteiger partial charge in [0, 0.05) is 18.8 Å². The SMILES string of the molecule is CC(N)C1CCN(Cc2cncc(F)c2)CC1. The Morgan fingerprint density at radius 3 is 2.76 bits per heavy atom. The van der Waals surface area contributed by atoms with Crippen LogP contribution in [0.1, 0.15) is 25.3 Å². The van der Waals surface area contributed by atoms with E-state index in [-0.39, 0.29) is 11.9 Å². The Labute approximate surface area is 102 Å². The number of halogens is 1. The summed E-state index contributed by atoms with van der Waals surface area (Å²) in [5, 5.41) is 0. The highest BCUT2D eigenvalue weighted by molar-refractivity contribution is 5.10. The zero-order valence-electron chi connectivity index (χ0n) is 10.3. The molecule has 1 aromatic rings. The largest absolute Gasteiger partial charge is 0.328 e. The lowest BCUT2D eigenvalue weighted by atomic mass is 9.91. The fourth-order valence-corrected chi connectivity index (χ4v) is 2.44. The van der Waals surface area contributed by atoms with E-state index in [2.05, 4.69) is 16.8 Å². The quantitative estimate of drug-likeness (QED) is 0.871. The molecule has 0 spiro atoms. The first-order chi connectivity index (χ1) is 8.15. The summed E-state index contributed by atoms with van der Waals surface area (Å²) in [7, 11) is 0. The summed E-state index contributed by atoms with van der Waals surface area (Å²) in [6.07, 6.45) is 5.26. The predicted molar refractivity (Wildman–Crippen MR) is 65.8 cm³/mol. The lowest BCUT2D eigenvalue weighted by Crippen LogP contribution is -2.39. The van der Waals surface area contributed by atoms with Crippen molar-refractivity contribution in [2.45, 2.75) is 32.4 Å². The maximum absolute atomic E-state index is 13.0. The van der Waals surface area contributed by atoms with E-state index in [4.69, 9.17) is 5.73 Å². The van der Waals surface area contributed by atoms with Crippen molar-refractivity contribution in [2.24, 2.45) is 11.7 Å². The summed E-state index contributed by atoms with van der Waals surface area (Å²) in [4.78, 5) is 6.21. The molecule has 94 valence electrons. The average Bonchev–Trinajstić information content (AvgIpc) is 2.29. The maximum atomic E-state index is 13.0. The van der Waals surface area contributed by atoms with Gasteiger partial charge in [-0.15, -0.1) is 0 Å². The summed E-state index contributed by atoms with van der Waals surface area (Å²) in [5.41, 5.74) is 6.86. The van der Waals surface area contributed by atoms with E-state index in [1.54, 1.807) is 12.3 Å². The molecule has 1 unspecified atom stereocenters. The van der Waals surface area contributed by atoms with Crippen LogP contribution in [0.5, 0.6) is 0 Å². The molecular weight excluding hydrogens is 217 g/mol. The van der Waals surface area contributed by atoms with Gasteiger partial charge in [0.25, 0.3) is 0 Å². The normalized spacial score (nSPS) is 20.4. The molecule has 17 heavy (non-hydrogen) atoms. The van der Waals surface area contributed by atoms with Crippen LogP contribution in [0.25, 0.3) is 0 Å². The van der Waals surface area contributed by atoms with E-state index in [9.17, 15) is 4.39 Å². The third-order valence-electron chi connectivity index (χ3n) is 3.54. The second-order valence-corrected chi connectivity index (χ2v) is 4.98. The van der Waals surface area contributed by atoms with Gasteiger partial charge in [-0.05, 0) is 50.4 Å². The molecule has 1 atom stereocenters. The molecule has 1 aliphatic rings. The predicted octanol–water partition coefficient (Wildman–Crippen LogP) is 1.78. The smallest absolute Gasteiger partial charge is 0.141 e. The molecular formula is C13H20FN3. The van der Waals surface area contributed by atoms with Gasteiger partial charge in [0.2, 0.25) is 0 Å². The molecule has 0 aliphatic carbocycles. The number of nitrogens with zero attached hydrogens (tertiary/aromatic N) is 2. The van der Waals surface area contributed by atoms with Gasteiger partial charge in [0.05, 0.1) is 6.20 Å². The van der Waals surface area contributed by atoms with Crippen LogP contribution < -0.4 is 5.73 Å². The first kappa shape index (κ1) is 12.5. The molecule has 3 nitrogen and oxygen atoms in total. The summed E-state index contributed by atoms with van der Waals surface area (Å²) in [5.74, 6) is 0.379. The van der Waals surface area contributed by atoms with Crippen molar-refractivity contribution in [2.75, 3.05) is 13.1 Å². The molecule has 2 heterocycles. The van der Waals surface area contributed by atoms with Crippen LogP contribution in [-0.4, -0.2) is 29.0 Å². The van der Waals surface area contributed by atoms with Crippen molar-refractivity contribution in [1.82, 2.24) is 9.88 Å². The highest BCUT2D eigenvalue weighted by Crippen LogP contribution is 2.20. The molecule has 1 saturated heterocycles. The Morgan fingerprint density at radius 2 is 2.18 bits per heavy atom. The molecule has 2 N–H and O–H groups in total. The van der Waals surface area contributed by atoms with Gasteiger partial charge in [-0.3, -0.25) is 9.88 Å². The Bertz CT molecular complexity index is 359. The van der Waals surface area contributed by atoms with Gasteiger partial charge < -0.3 is 5.73 Å². The second kappa shape index (κ2) is 5.56. The molecule has 4 heteroatoms. The third-order valence-corrected chi connectivity index (χ3v) is 3.54. The Balaban J connectivity index is 1.86. The number of pyridine rings is 1. The van der Waals surface area contributed by atoms with Gasteiger partial charge in [-0.25, -0.2) is 4.39 Å². The topological polar surface area (TPSA) is 42.1 Å². The lowest BCUT2D eigenvalue weighted by molar-refractivity contribution is 0.165. The van der Waals surface area contributed by atoms with Crippen LogP contribution in [0.15, 0.2) is 18.5 Å². The number of rotatable bonds is 3. The molecule has 0 radical (unpaired) electrons. The number of hydrogen-bond acceptors (Lipinski definition) is 3. The zero-order valence-corrected chi connectivity index (χ0v) is 10.3. The fraction of sp³-hybridized carbons (Fsp3) is 0.615. The Hall–Kier alpha value is -1.00. The van der Waals surface area contributed by atoms with E-state index >= 15 is 0 Å². The molecule has 0 saturated carbocycles. The molecule has 0 aromatic carbocycles. The van der Waals surface area contributed by atoms with Crippen LogP contribution in [0.3, 0.4) is 0 Å². The van der Waals surface area contributed by atoms with E-state index in [1.165, 1.54) is 6.20 Å². The lowest BCUT2D eigenvalue weighted by Gasteiger charge is -2.33. The van der Waals surface area contributed by atoms with Gasteiger partial charge in [0.15, 0.2) is 0 Å². The Morgan fingerprint density at radius 1 is 1.47 bits per heavy atom. The molecule has 1 aromatic heterocycles. The van der Waals surface area contributed by atoms with Crippen molar-refractivity contribution in [1.29, 1.82) is 0 Å². The standard InChI is InChI=1S/C13H20FN3/c1-10(15)12-2-4-17(5-3-12)9-11-6-13(14)8-16-7-11/h6-8,10,12H,2-5,9,15H2,1H3. The minimum absolute atomic E-state index is 0.257. The molecule has 1 fully saturated rings. The molecule has 2 rings (SSSR count). The van der Waals surface area contributed by atoms with Crippen LogP contribution in [-0.2, 0) is 6.54 Å². The van der Waals surface area contributed by atoms with Crippen molar-refractivity contribution in [3.63, 3.8) is 0 Å². The first-order valence-electron chi connectivity index (χ1n) is 6.22. The molecule has 0 bridgehead atoms. The second-order valence-electron chi connectivity index (χ2n) is 4.98. The van der Waals surface area contributed by atoms with Crippen molar-refractivity contribution < 1.29 is 4.39 Å². The minimum Gasteiger partial charge on any atom is -0.328 e. The zero-order chi connectivity index (χ0) is 12.3. The third kappa shape index (κ3) is 3.48. The highest BCUT2D eigenvalue weighted by atomic mass is 19.1. The number of aromatic nitrogens is 1. The van der Waals surface area contributed by atoms with Gasteiger partial charge in [0.1, 0.15) is 5.82 Å². The monoisotopic (exact) mass is 237 g/mol. The highest BCUT2D eigenvalue weighted by Gasteiger charge is 2.21. The number of likely N-dealkylation sites (tertiary alicyclic amines) is 1. The maximum Gasteiger partial charge on any atom is 0.141 e. The van der Waals surface area contributed by atoms with Crippen LogP contribution in [0.2, 0.25) is 0 Å². The van der Waals surface area contributed by atoms with Crippen molar-refractivity contribution in [3.8, 4) is 0 Å². The number of nitrogens with two attached hydrogens (primary N) is 1. The summed E-state index contributed by atoms with van der Waals surface area (Å²) in [6, 6.07) is 1.85. The first-order valence-corrected chi connectivity index (χ1v) is 6.22. The summed E-state index contributed by atoms with van der Waals surface area (Å²) >= 11 is 0. The molecule has 0 amide bonds. The summed E-state index contributed by atoms with van der Waals surface area (Å²) < 4.78 is 13.0. The Kier molecular flexibility index (Phi) is 4.07. The van der Waals surface area contributed by atoms with Gasteiger partial charge >= 0.3 is 0 Å². The van der Waals surface area contributed by atoms with Crippen LogP contribution in [0, 0.1) is 11.7 Å². The molecule has 1 aliphatic heterocycles. The van der Waals surface area contributed by atoms with E-state index in [1.807, 2.05) is 0 Å². The minimum atomic E-state index is -0.257. The van der Waals surface area contributed by atoms with E-state index in [0.717, 1.165) is 38.0 Å². The van der Waals surface area contributed by atoms with Crippen LogP contribution in [0.4, 0.5) is 4.39 Å².